The molecule has 0 atom stereocenters. The molecule has 1 aromatic carbocycles. The molecule has 0 saturated heterocycles. The van der Waals surface area contributed by atoms with Gasteiger partial charge in [0.1, 0.15) is 10.8 Å². The summed E-state index contributed by atoms with van der Waals surface area (Å²) < 4.78 is 30.5. The Labute approximate surface area is 78.7 Å². The molecule has 0 radical (unpaired) electrons. The number of hydrogen-bond acceptors (Lipinski definition) is 2. The van der Waals surface area contributed by atoms with Crippen molar-refractivity contribution in [2.45, 2.75) is 6.61 Å². The van der Waals surface area contributed by atoms with Gasteiger partial charge in [0.2, 0.25) is 0 Å². The first-order chi connectivity index (χ1) is 6.11. The molecule has 0 bridgehead atoms. The van der Waals surface area contributed by atoms with Crippen LogP contribution >= 0.6 is 11.6 Å². The van der Waals surface area contributed by atoms with Gasteiger partial charge in [0.25, 0.3) is 0 Å². The molecule has 1 N–H and O–H groups in total. The van der Waals surface area contributed by atoms with Crippen molar-refractivity contribution in [2.24, 2.45) is 0 Å². The lowest BCUT2D eigenvalue weighted by Gasteiger charge is -2.08. The molecular weight excluding hydrogens is 202 g/mol. The van der Waals surface area contributed by atoms with E-state index in [1.54, 1.807) is 0 Å². The lowest BCUT2D eigenvalue weighted by molar-refractivity contribution is 0.270. The summed E-state index contributed by atoms with van der Waals surface area (Å²) in [5, 5.41) is 8.10. The van der Waals surface area contributed by atoms with Crippen LogP contribution < -0.4 is 4.74 Å². The van der Waals surface area contributed by atoms with Crippen LogP contribution in [0.5, 0.6) is 5.75 Å². The van der Waals surface area contributed by atoms with Gasteiger partial charge in [0.05, 0.1) is 13.7 Å². The number of methoxy groups -OCH3 is 1. The third-order valence-electron chi connectivity index (χ3n) is 1.57. The average molecular weight is 209 g/mol. The van der Waals surface area contributed by atoms with E-state index in [1.807, 2.05) is 0 Å². The Kier molecular flexibility index (Phi) is 3.06. The highest BCUT2D eigenvalue weighted by atomic mass is 35.5. The number of hydrogen-bond donors (Lipinski definition) is 1. The number of aliphatic hydroxyl groups excluding tert-OH is 1. The van der Waals surface area contributed by atoms with Gasteiger partial charge in [0, 0.05) is 5.56 Å². The smallest absolute Gasteiger partial charge is 0.186 e. The van der Waals surface area contributed by atoms with Crippen molar-refractivity contribution in [1.82, 2.24) is 0 Å². The number of ether oxygens (including phenoxy) is 1. The van der Waals surface area contributed by atoms with Crippen molar-refractivity contribution in [3.63, 3.8) is 0 Å². The second-order valence-electron chi connectivity index (χ2n) is 2.34. The van der Waals surface area contributed by atoms with Crippen LogP contribution in [0.25, 0.3) is 0 Å². The number of aliphatic hydroxyl groups is 1. The maximum absolute atomic E-state index is 13.1. The van der Waals surface area contributed by atoms with Crippen molar-refractivity contribution in [3.8, 4) is 5.75 Å². The highest BCUT2D eigenvalue weighted by molar-refractivity contribution is 6.31. The first-order valence-electron chi connectivity index (χ1n) is 3.43. The Morgan fingerprint density at radius 3 is 2.62 bits per heavy atom. The molecule has 0 amide bonds. The Morgan fingerprint density at radius 1 is 1.54 bits per heavy atom. The van der Waals surface area contributed by atoms with E-state index in [2.05, 4.69) is 4.74 Å². The fourth-order valence-corrected chi connectivity index (χ4v) is 1.11. The fourth-order valence-electron chi connectivity index (χ4n) is 0.966. The largest absolute Gasteiger partial charge is 0.493 e. The summed E-state index contributed by atoms with van der Waals surface area (Å²) in [5.74, 6) is -2.13. The second-order valence-corrected chi connectivity index (χ2v) is 2.71. The molecule has 0 aliphatic heterocycles. The van der Waals surface area contributed by atoms with E-state index >= 15 is 0 Å². The quantitative estimate of drug-likeness (QED) is 0.755. The Hall–Kier alpha value is -0.870. The van der Waals surface area contributed by atoms with E-state index in [0.717, 1.165) is 6.07 Å². The first-order valence-corrected chi connectivity index (χ1v) is 3.80. The zero-order chi connectivity index (χ0) is 10.0. The van der Waals surface area contributed by atoms with Gasteiger partial charge in [0.15, 0.2) is 11.6 Å². The summed E-state index contributed by atoms with van der Waals surface area (Å²) in [6.45, 7) is -0.506. The van der Waals surface area contributed by atoms with Gasteiger partial charge in [-0.1, -0.05) is 11.6 Å². The van der Waals surface area contributed by atoms with Gasteiger partial charge in [-0.3, -0.25) is 0 Å². The molecule has 0 saturated carbocycles. The van der Waals surface area contributed by atoms with Crippen LogP contribution in [0.1, 0.15) is 5.56 Å². The summed E-state index contributed by atoms with van der Waals surface area (Å²) in [6, 6.07) is 0.935. The minimum atomic E-state index is -0.992. The monoisotopic (exact) mass is 208 g/mol. The summed E-state index contributed by atoms with van der Waals surface area (Å²) in [5.41, 5.74) is 0.0295. The lowest BCUT2D eigenvalue weighted by Crippen LogP contribution is -1.98. The molecule has 0 aliphatic rings. The minimum Gasteiger partial charge on any atom is -0.493 e. The molecule has 5 heteroatoms. The van der Waals surface area contributed by atoms with E-state index in [0.29, 0.717) is 0 Å². The zero-order valence-electron chi connectivity index (χ0n) is 6.77. The van der Waals surface area contributed by atoms with Gasteiger partial charge in [-0.05, 0) is 6.07 Å². The molecule has 0 aromatic heterocycles. The SMILES string of the molecule is COc1c(CO)cc(F)c(Cl)c1F. The Balaban J connectivity index is 3.39. The average Bonchev–Trinajstić information content (AvgIpc) is 2.13. The first kappa shape index (κ1) is 10.2. The number of benzene rings is 1. The van der Waals surface area contributed by atoms with Crippen molar-refractivity contribution in [2.75, 3.05) is 7.11 Å². The van der Waals surface area contributed by atoms with Crippen molar-refractivity contribution in [1.29, 1.82) is 0 Å². The van der Waals surface area contributed by atoms with E-state index in [1.165, 1.54) is 7.11 Å². The topological polar surface area (TPSA) is 29.5 Å². The van der Waals surface area contributed by atoms with Crippen LogP contribution in [-0.4, -0.2) is 12.2 Å². The highest BCUT2D eigenvalue weighted by Gasteiger charge is 2.16. The molecule has 0 aliphatic carbocycles. The van der Waals surface area contributed by atoms with Gasteiger partial charge in [-0.25, -0.2) is 8.78 Å². The molecule has 1 aromatic rings. The van der Waals surface area contributed by atoms with Crippen LogP contribution in [0.3, 0.4) is 0 Å². The van der Waals surface area contributed by atoms with E-state index in [9.17, 15) is 8.78 Å². The predicted octanol–water partition coefficient (Wildman–Crippen LogP) is 2.12. The zero-order valence-corrected chi connectivity index (χ0v) is 7.53. The van der Waals surface area contributed by atoms with Crippen LogP contribution in [0.15, 0.2) is 6.07 Å². The predicted molar refractivity (Wildman–Crippen MR) is 43.8 cm³/mol. The van der Waals surface area contributed by atoms with E-state index < -0.39 is 23.3 Å². The van der Waals surface area contributed by atoms with Crippen LogP contribution in [0.2, 0.25) is 5.02 Å². The van der Waals surface area contributed by atoms with Crippen molar-refractivity contribution >= 4 is 11.6 Å². The third kappa shape index (κ3) is 1.73. The molecule has 2 nitrogen and oxygen atoms in total. The molecule has 13 heavy (non-hydrogen) atoms. The summed E-state index contributed by atoms with van der Waals surface area (Å²) in [7, 11) is 1.21. The van der Waals surface area contributed by atoms with Crippen molar-refractivity contribution < 1.29 is 18.6 Å². The second kappa shape index (κ2) is 3.89. The fraction of sp³-hybridized carbons (Fsp3) is 0.250. The van der Waals surface area contributed by atoms with E-state index in [4.69, 9.17) is 16.7 Å². The normalized spacial score (nSPS) is 10.2. The molecule has 0 unspecified atom stereocenters. The van der Waals surface area contributed by atoms with Crippen molar-refractivity contribution in [3.05, 3.63) is 28.3 Å². The standard InChI is InChI=1S/C8H7ClF2O2/c1-13-8-4(3-12)2-5(10)6(9)7(8)11/h2,12H,3H2,1H3. The maximum Gasteiger partial charge on any atom is 0.186 e. The molecule has 0 fully saturated rings. The summed E-state index contributed by atoms with van der Waals surface area (Å²) in [4.78, 5) is 0. The lowest BCUT2D eigenvalue weighted by atomic mass is 10.2. The number of halogens is 3. The van der Waals surface area contributed by atoms with Crippen LogP contribution in [-0.2, 0) is 6.61 Å². The Morgan fingerprint density at radius 2 is 2.15 bits per heavy atom. The van der Waals surface area contributed by atoms with Crippen LogP contribution in [0.4, 0.5) is 8.78 Å². The Bertz CT molecular complexity index is 328. The highest BCUT2D eigenvalue weighted by Crippen LogP contribution is 2.30. The van der Waals surface area contributed by atoms with Gasteiger partial charge in [-0.2, -0.15) is 0 Å². The molecule has 0 heterocycles. The molecule has 1 rings (SSSR count). The number of rotatable bonds is 2. The third-order valence-corrected chi connectivity index (χ3v) is 1.92. The van der Waals surface area contributed by atoms with Crippen LogP contribution in [0, 0.1) is 11.6 Å². The van der Waals surface area contributed by atoms with E-state index in [-0.39, 0.29) is 11.3 Å². The summed E-state index contributed by atoms with van der Waals surface area (Å²) in [6.07, 6.45) is 0. The maximum atomic E-state index is 13.1. The molecule has 0 spiro atoms. The summed E-state index contributed by atoms with van der Waals surface area (Å²) >= 11 is 5.28. The van der Waals surface area contributed by atoms with Gasteiger partial charge < -0.3 is 9.84 Å². The minimum absolute atomic E-state index is 0.0295. The van der Waals surface area contributed by atoms with Gasteiger partial charge in [-0.15, -0.1) is 0 Å². The van der Waals surface area contributed by atoms with Gasteiger partial charge >= 0.3 is 0 Å². The molecule has 72 valence electrons. The molecular formula is C8H7ClF2O2.